The predicted molar refractivity (Wildman–Crippen MR) is 84.1 cm³/mol. The number of hydrogen-bond donors (Lipinski definition) is 1. The molecule has 0 radical (unpaired) electrons. The Balaban J connectivity index is 2.11. The molecule has 3 nitrogen and oxygen atoms in total. The smallest absolute Gasteiger partial charge is 0.127 e. The molecule has 110 valence electrons. The summed E-state index contributed by atoms with van der Waals surface area (Å²) in [5.74, 6) is 1.14. The number of piperazine rings is 1. The molecule has 2 heterocycles. The molecular weight excluding hydrogens is 248 g/mol. The third-order valence-electron chi connectivity index (χ3n) is 4.75. The molecule has 1 N–H and O–H groups in total. The van der Waals surface area contributed by atoms with Crippen molar-refractivity contribution in [3.63, 3.8) is 0 Å². The van der Waals surface area contributed by atoms with Crippen LogP contribution in [0.1, 0.15) is 36.1 Å². The van der Waals surface area contributed by atoms with Crippen LogP contribution in [0.15, 0.2) is 0 Å². The van der Waals surface area contributed by atoms with E-state index >= 15 is 0 Å². The van der Waals surface area contributed by atoms with Gasteiger partial charge in [-0.05, 0) is 51.3 Å². The van der Waals surface area contributed by atoms with Crippen LogP contribution in [-0.4, -0.2) is 31.8 Å². The molecule has 2 aliphatic rings. The topological polar surface area (TPSA) is 24.5 Å². The normalized spacial score (nSPS) is 20.8. The van der Waals surface area contributed by atoms with Gasteiger partial charge in [-0.2, -0.15) is 0 Å². The lowest BCUT2D eigenvalue weighted by Gasteiger charge is -2.33. The van der Waals surface area contributed by atoms with Crippen LogP contribution in [0.5, 0.6) is 5.75 Å². The van der Waals surface area contributed by atoms with Crippen LogP contribution in [0, 0.1) is 20.8 Å². The SMILES string of the molecule is Cc1c(C)c(N2CCNCC2)c(C)c2c1OC(C)(C)C2. The summed E-state index contributed by atoms with van der Waals surface area (Å²) in [6.45, 7) is 15.5. The molecule has 0 spiro atoms. The number of nitrogens with zero attached hydrogens (tertiary/aromatic N) is 1. The molecule has 0 aliphatic carbocycles. The molecule has 20 heavy (non-hydrogen) atoms. The fourth-order valence-electron chi connectivity index (χ4n) is 3.62. The largest absolute Gasteiger partial charge is 0.487 e. The van der Waals surface area contributed by atoms with Crippen LogP contribution >= 0.6 is 0 Å². The Morgan fingerprint density at radius 1 is 1.00 bits per heavy atom. The molecule has 3 rings (SSSR count). The van der Waals surface area contributed by atoms with Gasteiger partial charge in [0.2, 0.25) is 0 Å². The van der Waals surface area contributed by atoms with Crippen LogP contribution in [0.4, 0.5) is 5.69 Å². The van der Waals surface area contributed by atoms with Crippen molar-refractivity contribution in [3.8, 4) is 5.75 Å². The van der Waals surface area contributed by atoms with Crippen molar-refractivity contribution in [1.82, 2.24) is 5.32 Å². The molecule has 0 unspecified atom stereocenters. The van der Waals surface area contributed by atoms with Gasteiger partial charge in [0, 0.05) is 43.9 Å². The third-order valence-corrected chi connectivity index (χ3v) is 4.75. The van der Waals surface area contributed by atoms with Crippen molar-refractivity contribution in [2.24, 2.45) is 0 Å². The van der Waals surface area contributed by atoms with Gasteiger partial charge in [0.05, 0.1) is 0 Å². The second-order valence-electron chi connectivity index (χ2n) is 6.81. The van der Waals surface area contributed by atoms with Crippen molar-refractivity contribution < 1.29 is 4.74 Å². The van der Waals surface area contributed by atoms with Gasteiger partial charge in [0.25, 0.3) is 0 Å². The summed E-state index contributed by atoms with van der Waals surface area (Å²) in [5, 5.41) is 3.44. The molecule has 0 bridgehead atoms. The average Bonchev–Trinajstić information content (AvgIpc) is 2.74. The number of anilines is 1. The molecule has 0 atom stereocenters. The Hall–Kier alpha value is -1.22. The minimum absolute atomic E-state index is 0.0631. The zero-order valence-corrected chi connectivity index (χ0v) is 13.4. The lowest BCUT2D eigenvalue weighted by Crippen LogP contribution is -2.44. The van der Waals surface area contributed by atoms with E-state index in [1.165, 1.54) is 27.9 Å². The van der Waals surface area contributed by atoms with Crippen LogP contribution in [-0.2, 0) is 6.42 Å². The first-order chi connectivity index (χ1) is 9.41. The second-order valence-corrected chi connectivity index (χ2v) is 6.81. The van der Waals surface area contributed by atoms with Crippen molar-refractivity contribution in [2.45, 2.75) is 46.6 Å². The minimum atomic E-state index is -0.0631. The highest BCUT2D eigenvalue weighted by atomic mass is 16.5. The molecule has 0 aromatic heterocycles. The van der Waals surface area contributed by atoms with Gasteiger partial charge in [-0.1, -0.05) is 0 Å². The third kappa shape index (κ3) is 2.08. The van der Waals surface area contributed by atoms with E-state index in [-0.39, 0.29) is 5.60 Å². The first-order valence-electron chi connectivity index (χ1n) is 7.68. The number of nitrogens with one attached hydrogen (secondary N) is 1. The van der Waals surface area contributed by atoms with Crippen molar-refractivity contribution in [1.29, 1.82) is 0 Å². The Labute approximate surface area is 122 Å². The summed E-state index contributed by atoms with van der Waals surface area (Å²) in [4.78, 5) is 2.54. The minimum Gasteiger partial charge on any atom is -0.487 e. The quantitative estimate of drug-likeness (QED) is 0.852. The Morgan fingerprint density at radius 2 is 1.65 bits per heavy atom. The molecule has 0 amide bonds. The Morgan fingerprint density at radius 3 is 2.30 bits per heavy atom. The van der Waals surface area contributed by atoms with Gasteiger partial charge in [0.1, 0.15) is 11.4 Å². The van der Waals surface area contributed by atoms with E-state index < -0.39 is 0 Å². The number of rotatable bonds is 1. The molecular formula is C17H26N2O. The van der Waals surface area contributed by atoms with Crippen LogP contribution < -0.4 is 15.0 Å². The van der Waals surface area contributed by atoms with E-state index in [9.17, 15) is 0 Å². The fraction of sp³-hybridized carbons (Fsp3) is 0.647. The molecule has 1 aromatic carbocycles. The zero-order chi connectivity index (χ0) is 14.5. The number of ether oxygens (including phenoxy) is 1. The second kappa shape index (κ2) is 4.66. The predicted octanol–water partition coefficient (Wildman–Crippen LogP) is 2.73. The van der Waals surface area contributed by atoms with Crippen molar-refractivity contribution in [2.75, 3.05) is 31.1 Å². The van der Waals surface area contributed by atoms with E-state index in [1.807, 2.05) is 0 Å². The molecule has 0 saturated carbocycles. The Kier molecular flexibility index (Phi) is 3.20. The summed E-state index contributed by atoms with van der Waals surface area (Å²) in [5.41, 5.74) is 6.95. The van der Waals surface area contributed by atoms with Gasteiger partial charge in [-0.3, -0.25) is 0 Å². The lowest BCUT2D eigenvalue weighted by atomic mass is 9.92. The maximum absolute atomic E-state index is 6.20. The molecule has 2 aliphatic heterocycles. The zero-order valence-electron chi connectivity index (χ0n) is 13.4. The highest BCUT2D eigenvalue weighted by Crippen LogP contribution is 2.45. The van der Waals surface area contributed by atoms with Gasteiger partial charge in [0.15, 0.2) is 0 Å². The highest BCUT2D eigenvalue weighted by Gasteiger charge is 2.35. The monoisotopic (exact) mass is 274 g/mol. The van der Waals surface area contributed by atoms with E-state index in [2.05, 4.69) is 44.8 Å². The number of fused-ring (bicyclic) bond motifs is 1. The summed E-state index contributed by atoms with van der Waals surface area (Å²) in [6, 6.07) is 0. The molecule has 1 fully saturated rings. The standard InChI is InChI=1S/C17H26N2O/c1-11-12(2)16-14(10-17(4,5)20-16)13(3)15(11)19-8-6-18-7-9-19/h18H,6-10H2,1-5H3. The van der Waals surface area contributed by atoms with Crippen molar-refractivity contribution in [3.05, 3.63) is 22.3 Å². The van der Waals surface area contributed by atoms with Gasteiger partial charge < -0.3 is 15.0 Å². The summed E-state index contributed by atoms with van der Waals surface area (Å²) in [6.07, 6.45) is 1.02. The summed E-state index contributed by atoms with van der Waals surface area (Å²) < 4.78 is 6.20. The maximum Gasteiger partial charge on any atom is 0.127 e. The maximum atomic E-state index is 6.20. The van der Waals surface area contributed by atoms with E-state index in [0.29, 0.717) is 0 Å². The molecule has 3 heteroatoms. The average molecular weight is 274 g/mol. The van der Waals surface area contributed by atoms with Gasteiger partial charge in [-0.15, -0.1) is 0 Å². The van der Waals surface area contributed by atoms with Crippen LogP contribution in [0.25, 0.3) is 0 Å². The van der Waals surface area contributed by atoms with E-state index in [0.717, 1.165) is 38.3 Å². The van der Waals surface area contributed by atoms with E-state index in [1.54, 1.807) is 0 Å². The van der Waals surface area contributed by atoms with E-state index in [4.69, 9.17) is 4.74 Å². The number of hydrogen-bond acceptors (Lipinski definition) is 3. The van der Waals surface area contributed by atoms with Crippen LogP contribution in [0.2, 0.25) is 0 Å². The van der Waals surface area contributed by atoms with Crippen molar-refractivity contribution >= 4 is 5.69 Å². The highest BCUT2D eigenvalue weighted by molar-refractivity contribution is 5.70. The summed E-state index contributed by atoms with van der Waals surface area (Å²) in [7, 11) is 0. The van der Waals surface area contributed by atoms with Crippen LogP contribution in [0.3, 0.4) is 0 Å². The Bertz CT molecular complexity index is 543. The van der Waals surface area contributed by atoms with Gasteiger partial charge in [-0.25, -0.2) is 0 Å². The lowest BCUT2D eigenvalue weighted by molar-refractivity contribution is 0.137. The fourth-order valence-corrected chi connectivity index (χ4v) is 3.62. The molecule has 1 aromatic rings. The molecule has 1 saturated heterocycles. The summed E-state index contributed by atoms with van der Waals surface area (Å²) >= 11 is 0. The first-order valence-corrected chi connectivity index (χ1v) is 7.68. The number of benzene rings is 1. The first kappa shape index (κ1) is 13.7. The van der Waals surface area contributed by atoms with Gasteiger partial charge >= 0.3 is 0 Å².